The van der Waals surface area contributed by atoms with Crippen molar-refractivity contribution in [3.8, 4) is 17.1 Å². The third kappa shape index (κ3) is 3.58. The van der Waals surface area contributed by atoms with Gasteiger partial charge in [0.05, 0.1) is 29.0 Å². The predicted octanol–water partition coefficient (Wildman–Crippen LogP) is 2.69. The van der Waals surface area contributed by atoms with E-state index in [0.29, 0.717) is 41.1 Å². The summed E-state index contributed by atoms with van der Waals surface area (Å²) in [4.78, 5) is 32.3. The van der Waals surface area contributed by atoms with E-state index in [0.717, 1.165) is 16.5 Å². The molecule has 4 heterocycles. The molecule has 0 saturated carbocycles. The van der Waals surface area contributed by atoms with E-state index >= 15 is 0 Å². The second kappa shape index (κ2) is 8.61. The Morgan fingerprint density at radius 1 is 1.21 bits per heavy atom. The van der Waals surface area contributed by atoms with Crippen LogP contribution in [-0.4, -0.2) is 44.7 Å². The van der Waals surface area contributed by atoms with Crippen LogP contribution in [-0.2, 0) is 34.8 Å². The van der Waals surface area contributed by atoms with Crippen LogP contribution in [0.4, 0.5) is 0 Å². The highest BCUT2D eigenvalue weighted by molar-refractivity contribution is 5.89. The van der Waals surface area contributed by atoms with Crippen molar-refractivity contribution < 1.29 is 19.7 Å². The molecule has 0 aliphatic carbocycles. The molecule has 1 unspecified atom stereocenters. The quantitative estimate of drug-likeness (QED) is 0.422. The van der Waals surface area contributed by atoms with Crippen molar-refractivity contribution in [2.45, 2.75) is 38.6 Å². The highest BCUT2D eigenvalue weighted by Crippen LogP contribution is 2.39. The standard InChI is InChI=1S/C23H23N3O5.2ClH/c1-4-23(30)16-8-18-20-12(9-26(18)21(28)15(16)11-31-22(23)29)7-13-14(10-25(2)3)19(27)6-5-17(13)24-20;;/h5-8,27,30H,4,9-11H2,1-3H3;2*1H. The molecule has 10 heteroatoms. The van der Waals surface area contributed by atoms with Gasteiger partial charge in [0.25, 0.3) is 5.56 Å². The molecule has 5 rings (SSSR count). The molecule has 8 nitrogen and oxygen atoms in total. The molecule has 0 amide bonds. The van der Waals surface area contributed by atoms with E-state index in [1.807, 2.05) is 25.1 Å². The van der Waals surface area contributed by atoms with E-state index in [1.165, 1.54) is 0 Å². The fourth-order valence-electron chi connectivity index (χ4n) is 4.58. The smallest absolute Gasteiger partial charge is 0.343 e. The summed E-state index contributed by atoms with van der Waals surface area (Å²) in [5.74, 6) is -0.532. The second-order valence-corrected chi connectivity index (χ2v) is 8.47. The van der Waals surface area contributed by atoms with Crippen LogP contribution in [0, 0.1) is 0 Å². The highest BCUT2D eigenvalue weighted by Gasteiger charge is 2.45. The Balaban J connectivity index is 0.00000153. The van der Waals surface area contributed by atoms with Gasteiger partial charge in [0.2, 0.25) is 0 Å². The van der Waals surface area contributed by atoms with Crippen LogP contribution in [0.15, 0.2) is 29.1 Å². The van der Waals surface area contributed by atoms with Crippen molar-refractivity contribution in [1.29, 1.82) is 0 Å². The van der Waals surface area contributed by atoms with Crippen LogP contribution < -0.4 is 5.56 Å². The number of aliphatic hydroxyl groups is 1. The molecular weight excluding hydrogens is 469 g/mol. The minimum atomic E-state index is -1.84. The summed E-state index contributed by atoms with van der Waals surface area (Å²) in [6.45, 7) is 2.41. The normalized spacial score (nSPS) is 18.2. The number of hydrogen-bond acceptors (Lipinski definition) is 7. The number of esters is 1. The van der Waals surface area contributed by atoms with Gasteiger partial charge in [-0.05, 0) is 44.8 Å². The number of aromatic hydroxyl groups is 1. The molecule has 0 radical (unpaired) electrons. The molecule has 3 aromatic rings. The highest BCUT2D eigenvalue weighted by atomic mass is 35.5. The molecule has 33 heavy (non-hydrogen) atoms. The van der Waals surface area contributed by atoms with Gasteiger partial charge < -0.3 is 24.4 Å². The topological polar surface area (TPSA) is 105 Å². The number of benzene rings is 1. The zero-order valence-corrected chi connectivity index (χ0v) is 20.0. The average molecular weight is 494 g/mol. The Kier molecular flexibility index (Phi) is 6.52. The largest absolute Gasteiger partial charge is 0.508 e. The van der Waals surface area contributed by atoms with Crippen LogP contribution in [0.2, 0.25) is 0 Å². The SMILES string of the molecule is CCC1(O)C(=O)OCc2c1cc1n(c2=O)Cc2cc3c(CN(C)C)c(O)ccc3nc2-1.Cl.Cl. The molecule has 176 valence electrons. The van der Waals surface area contributed by atoms with E-state index in [-0.39, 0.29) is 49.2 Å². The fraction of sp³-hybridized carbons (Fsp3) is 0.348. The molecule has 2 N–H and O–H groups in total. The summed E-state index contributed by atoms with van der Waals surface area (Å²) in [6, 6.07) is 7.05. The Morgan fingerprint density at radius 3 is 2.61 bits per heavy atom. The van der Waals surface area contributed by atoms with Crippen molar-refractivity contribution >= 4 is 41.7 Å². The average Bonchev–Trinajstić information content (AvgIpc) is 3.10. The van der Waals surface area contributed by atoms with E-state index in [1.54, 1.807) is 29.7 Å². The van der Waals surface area contributed by atoms with Crippen molar-refractivity contribution in [3.05, 3.63) is 56.9 Å². The number of hydrogen-bond donors (Lipinski definition) is 2. The first kappa shape index (κ1) is 25.0. The number of phenolic OH excluding ortho intramolecular Hbond substituents is 1. The van der Waals surface area contributed by atoms with Crippen molar-refractivity contribution in [2.24, 2.45) is 0 Å². The Morgan fingerprint density at radius 2 is 1.94 bits per heavy atom. The first-order valence-electron chi connectivity index (χ1n) is 10.2. The summed E-state index contributed by atoms with van der Waals surface area (Å²) in [7, 11) is 3.86. The summed E-state index contributed by atoms with van der Waals surface area (Å²) >= 11 is 0. The fourth-order valence-corrected chi connectivity index (χ4v) is 4.58. The number of nitrogens with zero attached hydrogens (tertiary/aromatic N) is 3. The maximum absolute atomic E-state index is 13.2. The summed E-state index contributed by atoms with van der Waals surface area (Å²) in [6.07, 6.45) is 0.104. The van der Waals surface area contributed by atoms with E-state index < -0.39 is 11.6 Å². The number of fused-ring (bicyclic) bond motifs is 5. The van der Waals surface area contributed by atoms with Gasteiger partial charge in [-0.3, -0.25) is 4.79 Å². The summed E-state index contributed by atoms with van der Waals surface area (Å²) in [5.41, 5.74) is 2.03. The lowest BCUT2D eigenvalue weighted by atomic mass is 9.86. The van der Waals surface area contributed by atoms with E-state index in [9.17, 15) is 19.8 Å². The zero-order valence-electron chi connectivity index (χ0n) is 18.4. The van der Waals surface area contributed by atoms with Gasteiger partial charge in [-0.25, -0.2) is 9.78 Å². The molecule has 0 bridgehead atoms. The first-order chi connectivity index (χ1) is 14.7. The predicted molar refractivity (Wildman–Crippen MR) is 128 cm³/mol. The third-order valence-electron chi connectivity index (χ3n) is 6.25. The lowest BCUT2D eigenvalue weighted by Gasteiger charge is -2.31. The number of rotatable bonds is 3. The van der Waals surface area contributed by atoms with Crippen LogP contribution in [0.5, 0.6) is 5.75 Å². The van der Waals surface area contributed by atoms with Crippen molar-refractivity contribution in [3.63, 3.8) is 0 Å². The number of phenols is 1. The number of carbonyl (C=O) groups excluding carboxylic acids is 1. The number of pyridine rings is 2. The van der Waals surface area contributed by atoms with Gasteiger partial charge in [0, 0.05) is 28.6 Å². The molecule has 1 aromatic carbocycles. The van der Waals surface area contributed by atoms with Crippen LogP contribution >= 0.6 is 24.8 Å². The van der Waals surface area contributed by atoms with E-state index in [4.69, 9.17) is 9.72 Å². The summed E-state index contributed by atoms with van der Waals surface area (Å²) in [5, 5.41) is 22.2. The maximum atomic E-state index is 13.2. The molecule has 2 aliphatic heterocycles. The molecular formula is C23H25Cl2N3O5. The van der Waals surface area contributed by atoms with E-state index in [2.05, 4.69) is 0 Å². The van der Waals surface area contributed by atoms with Gasteiger partial charge in [0.15, 0.2) is 5.60 Å². The van der Waals surface area contributed by atoms with Gasteiger partial charge >= 0.3 is 5.97 Å². The number of aromatic nitrogens is 2. The molecule has 2 aliphatic rings. The molecule has 1 atom stereocenters. The Hall–Kier alpha value is -2.65. The van der Waals surface area contributed by atoms with Gasteiger partial charge in [-0.1, -0.05) is 6.92 Å². The summed E-state index contributed by atoms with van der Waals surface area (Å²) < 4.78 is 6.71. The van der Waals surface area contributed by atoms with Gasteiger partial charge in [-0.15, -0.1) is 24.8 Å². The second-order valence-electron chi connectivity index (χ2n) is 8.47. The molecule has 0 saturated heterocycles. The maximum Gasteiger partial charge on any atom is 0.343 e. The number of halogens is 2. The van der Waals surface area contributed by atoms with Gasteiger partial charge in [-0.2, -0.15) is 0 Å². The monoisotopic (exact) mass is 493 g/mol. The van der Waals surface area contributed by atoms with Gasteiger partial charge in [0.1, 0.15) is 12.4 Å². The van der Waals surface area contributed by atoms with Crippen molar-refractivity contribution in [2.75, 3.05) is 14.1 Å². The number of cyclic esters (lactones) is 1. The zero-order chi connectivity index (χ0) is 22.1. The lowest BCUT2D eigenvalue weighted by molar-refractivity contribution is -0.172. The molecule has 0 fully saturated rings. The first-order valence-corrected chi connectivity index (χ1v) is 10.2. The van der Waals surface area contributed by atoms with Crippen molar-refractivity contribution in [1.82, 2.24) is 14.5 Å². The number of ether oxygens (including phenoxy) is 1. The minimum absolute atomic E-state index is 0. The Bertz CT molecular complexity index is 1340. The van der Waals surface area contributed by atoms with Crippen LogP contribution in [0.3, 0.4) is 0 Å². The molecule has 2 aromatic heterocycles. The number of carbonyl (C=O) groups is 1. The minimum Gasteiger partial charge on any atom is -0.508 e. The van der Waals surface area contributed by atoms with Crippen LogP contribution in [0.1, 0.15) is 35.6 Å². The molecule has 0 spiro atoms. The lowest BCUT2D eigenvalue weighted by Crippen LogP contribution is -2.44. The third-order valence-corrected chi connectivity index (χ3v) is 6.25. The van der Waals surface area contributed by atoms with Crippen LogP contribution in [0.25, 0.3) is 22.3 Å². The Labute approximate surface area is 202 Å².